The number of nitrogen functional groups attached to an aromatic ring is 1. The molecule has 0 saturated carbocycles. The number of nitrogens with two attached hydrogens (primary N) is 1. The summed E-state index contributed by atoms with van der Waals surface area (Å²) >= 11 is 0. The normalized spacial score (nSPS) is 16.7. The Bertz CT molecular complexity index is 1250. The van der Waals surface area contributed by atoms with Crippen molar-refractivity contribution in [2.45, 2.75) is 43.7 Å². The Morgan fingerprint density at radius 1 is 1.09 bits per heavy atom. The van der Waals surface area contributed by atoms with E-state index >= 15 is 0 Å². The van der Waals surface area contributed by atoms with Crippen molar-refractivity contribution in [1.82, 2.24) is 19.3 Å². The summed E-state index contributed by atoms with van der Waals surface area (Å²) in [4.78, 5) is 25.4. The predicted octanol–water partition coefficient (Wildman–Crippen LogP) is 2.79. The highest BCUT2D eigenvalue weighted by atomic mass is 32.2. The zero-order chi connectivity index (χ0) is 24.1. The highest BCUT2D eigenvalue weighted by Gasteiger charge is 2.38. The fourth-order valence-electron chi connectivity index (χ4n) is 3.71. The molecule has 1 aliphatic rings. The molecule has 4 rings (SSSR count). The third kappa shape index (κ3) is 5.49. The number of carbonyl (C=O) groups excluding carboxylic acids is 1. The first kappa shape index (κ1) is 23.6. The number of hydrogen-bond acceptors (Lipinski definition) is 9. The Balaban J connectivity index is 1.46. The van der Waals surface area contributed by atoms with Crippen LogP contribution in [0.1, 0.15) is 30.7 Å². The van der Waals surface area contributed by atoms with Crippen LogP contribution in [-0.4, -0.2) is 46.2 Å². The van der Waals surface area contributed by atoms with Gasteiger partial charge in [0.1, 0.15) is 6.04 Å². The van der Waals surface area contributed by atoms with E-state index in [1.165, 1.54) is 16.4 Å². The van der Waals surface area contributed by atoms with E-state index in [4.69, 9.17) is 10.5 Å². The van der Waals surface area contributed by atoms with E-state index in [1.54, 1.807) is 18.2 Å². The number of nitrogens with zero attached hydrogens (tertiary/aromatic N) is 4. The lowest BCUT2D eigenvalue weighted by Gasteiger charge is -2.32. The lowest BCUT2D eigenvalue weighted by molar-refractivity contribution is -0.150. The summed E-state index contributed by atoms with van der Waals surface area (Å²) in [5.41, 5.74) is 7.68. The summed E-state index contributed by atoms with van der Waals surface area (Å²) in [6.45, 7) is 1.97. The molecule has 3 N–H and O–H groups in total. The first-order valence-electron chi connectivity index (χ1n) is 10.9. The molecular weight excluding hydrogens is 456 g/mol. The third-order valence-electron chi connectivity index (χ3n) is 5.43. The van der Waals surface area contributed by atoms with Gasteiger partial charge < -0.3 is 15.8 Å². The number of sulfonamides is 1. The molecule has 1 fully saturated rings. The Kier molecular flexibility index (Phi) is 7.03. The van der Waals surface area contributed by atoms with Crippen molar-refractivity contribution in [3.63, 3.8) is 0 Å². The van der Waals surface area contributed by atoms with Crippen LogP contribution in [0.25, 0.3) is 0 Å². The summed E-state index contributed by atoms with van der Waals surface area (Å²) in [6, 6.07) is 14.8. The molecule has 1 aliphatic heterocycles. The first-order chi connectivity index (χ1) is 16.3. The molecule has 3 aromatic rings. The molecule has 1 unspecified atom stereocenters. The Labute approximate surface area is 198 Å². The van der Waals surface area contributed by atoms with Crippen LogP contribution in [0.3, 0.4) is 0 Å². The lowest BCUT2D eigenvalue weighted by atomic mass is 10.1. The standard InChI is InChI=1S/C23H26N6O4S/c1-16-10-12-17(13-11-16)25-23-27-20(26-22(24)28-23)15-33-21(30)19-9-5-6-14-29(19)34(31,32)18-7-3-2-4-8-18/h2-4,7-8,10-13,19H,5-6,9,14-15H2,1H3,(H3,24,25,26,27,28). The van der Waals surface area contributed by atoms with Crippen molar-refractivity contribution in [3.05, 3.63) is 66.0 Å². The van der Waals surface area contributed by atoms with Crippen LogP contribution in [0.4, 0.5) is 17.6 Å². The molecule has 11 heteroatoms. The molecular formula is C23H26N6O4S. The molecule has 0 amide bonds. The highest BCUT2D eigenvalue weighted by Crippen LogP contribution is 2.26. The van der Waals surface area contributed by atoms with Gasteiger partial charge in [-0.2, -0.15) is 19.3 Å². The fraction of sp³-hybridized carbons (Fsp3) is 0.304. The summed E-state index contributed by atoms with van der Waals surface area (Å²) in [5.74, 6) is -0.301. The van der Waals surface area contributed by atoms with Crippen LogP contribution in [0.5, 0.6) is 0 Å². The van der Waals surface area contributed by atoms with Crippen molar-refractivity contribution < 1.29 is 17.9 Å². The van der Waals surface area contributed by atoms with Crippen LogP contribution < -0.4 is 11.1 Å². The highest BCUT2D eigenvalue weighted by molar-refractivity contribution is 7.89. The monoisotopic (exact) mass is 482 g/mol. The topological polar surface area (TPSA) is 140 Å². The average molecular weight is 483 g/mol. The maximum Gasteiger partial charge on any atom is 0.324 e. The van der Waals surface area contributed by atoms with E-state index in [0.29, 0.717) is 12.8 Å². The van der Waals surface area contributed by atoms with Gasteiger partial charge in [0, 0.05) is 12.2 Å². The van der Waals surface area contributed by atoms with Crippen molar-refractivity contribution in [2.24, 2.45) is 0 Å². The van der Waals surface area contributed by atoms with Gasteiger partial charge in [-0.3, -0.25) is 4.79 Å². The molecule has 34 heavy (non-hydrogen) atoms. The number of rotatable bonds is 7. The van der Waals surface area contributed by atoms with E-state index in [-0.39, 0.29) is 35.8 Å². The smallest absolute Gasteiger partial charge is 0.324 e. The molecule has 2 heterocycles. The second kappa shape index (κ2) is 10.1. The predicted molar refractivity (Wildman–Crippen MR) is 126 cm³/mol. The lowest BCUT2D eigenvalue weighted by Crippen LogP contribution is -2.48. The first-order valence-corrected chi connectivity index (χ1v) is 12.3. The number of piperidine rings is 1. The number of aromatic nitrogens is 3. The van der Waals surface area contributed by atoms with Gasteiger partial charge in [0.25, 0.3) is 0 Å². The van der Waals surface area contributed by atoms with Crippen LogP contribution in [0, 0.1) is 6.92 Å². The summed E-state index contributed by atoms with van der Waals surface area (Å²) in [6.07, 6.45) is 1.78. The van der Waals surface area contributed by atoms with Gasteiger partial charge in [0.15, 0.2) is 12.4 Å². The van der Waals surface area contributed by atoms with Crippen molar-refractivity contribution in [2.75, 3.05) is 17.6 Å². The van der Waals surface area contributed by atoms with Gasteiger partial charge in [-0.25, -0.2) is 8.42 Å². The Morgan fingerprint density at radius 3 is 2.56 bits per heavy atom. The van der Waals surface area contributed by atoms with Crippen LogP contribution in [0.15, 0.2) is 59.5 Å². The zero-order valence-electron chi connectivity index (χ0n) is 18.7. The molecule has 0 spiro atoms. The molecule has 2 aromatic carbocycles. The fourth-order valence-corrected chi connectivity index (χ4v) is 5.38. The minimum absolute atomic E-state index is 0.0263. The van der Waals surface area contributed by atoms with Gasteiger partial charge in [-0.15, -0.1) is 0 Å². The number of ether oxygens (including phenoxy) is 1. The summed E-state index contributed by atoms with van der Waals surface area (Å²) in [7, 11) is -3.83. The maximum atomic E-state index is 13.1. The molecule has 0 bridgehead atoms. The van der Waals surface area contributed by atoms with Gasteiger partial charge in [-0.1, -0.05) is 35.9 Å². The van der Waals surface area contributed by atoms with Gasteiger partial charge in [-0.05, 0) is 50.5 Å². The van der Waals surface area contributed by atoms with E-state index in [0.717, 1.165) is 17.7 Å². The Hall–Kier alpha value is -3.57. The van der Waals surface area contributed by atoms with Crippen molar-refractivity contribution >= 4 is 33.6 Å². The number of anilines is 3. The van der Waals surface area contributed by atoms with Gasteiger partial charge in [0.2, 0.25) is 21.9 Å². The molecule has 178 valence electrons. The second-order valence-corrected chi connectivity index (χ2v) is 9.86. The van der Waals surface area contributed by atoms with E-state index in [1.807, 2.05) is 31.2 Å². The average Bonchev–Trinajstić information content (AvgIpc) is 2.84. The van der Waals surface area contributed by atoms with E-state index < -0.39 is 22.0 Å². The molecule has 10 nitrogen and oxygen atoms in total. The van der Waals surface area contributed by atoms with Gasteiger partial charge in [0.05, 0.1) is 4.90 Å². The SMILES string of the molecule is Cc1ccc(Nc2nc(N)nc(COC(=O)C3CCCCN3S(=O)(=O)c3ccccc3)n2)cc1. The van der Waals surface area contributed by atoms with Crippen LogP contribution >= 0.6 is 0 Å². The minimum Gasteiger partial charge on any atom is -0.456 e. The minimum atomic E-state index is -3.83. The molecule has 1 saturated heterocycles. The summed E-state index contributed by atoms with van der Waals surface area (Å²) < 4.78 is 32.9. The van der Waals surface area contributed by atoms with E-state index in [2.05, 4.69) is 20.3 Å². The molecule has 1 atom stereocenters. The summed E-state index contributed by atoms with van der Waals surface area (Å²) in [5, 5.41) is 3.04. The third-order valence-corrected chi connectivity index (χ3v) is 7.35. The van der Waals surface area contributed by atoms with Gasteiger partial charge >= 0.3 is 5.97 Å². The second-order valence-electron chi connectivity index (χ2n) is 7.97. The largest absolute Gasteiger partial charge is 0.456 e. The van der Waals surface area contributed by atoms with Crippen LogP contribution in [0.2, 0.25) is 0 Å². The molecule has 0 radical (unpaired) electrons. The van der Waals surface area contributed by atoms with Crippen LogP contribution in [-0.2, 0) is 26.2 Å². The number of benzene rings is 2. The molecule has 0 aliphatic carbocycles. The Morgan fingerprint density at radius 2 is 1.82 bits per heavy atom. The number of esters is 1. The maximum absolute atomic E-state index is 13.1. The number of hydrogen-bond donors (Lipinski definition) is 2. The number of aryl methyl sites for hydroxylation is 1. The number of nitrogens with one attached hydrogen (secondary N) is 1. The number of carbonyl (C=O) groups is 1. The van der Waals surface area contributed by atoms with E-state index in [9.17, 15) is 13.2 Å². The molecule has 1 aromatic heterocycles. The quantitative estimate of drug-likeness (QED) is 0.486. The van der Waals surface area contributed by atoms with Crippen molar-refractivity contribution in [1.29, 1.82) is 0 Å². The van der Waals surface area contributed by atoms with Crippen molar-refractivity contribution in [3.8, 4) is 0 Å². The zero-order valence-corrected chi connectivity index (χ0v) is 19.5.